The second-order valence-corrected chi connectivity index (χ2v) is 3.69. The Morgan fingerprint density at radius 3 is 2.73 bits per heavy atom. The normalized spacial score (nSPS) is 19.4. The van der Waals surface area contributed by atoms with Gasteiger partial charge in [0, 0.05) is 21.8 Å². The van der Waals surface area contributed by atoms with Gasteiger partial charge in [-0.2, -0.15) is 0 Å². The summed E-state index contributed by atoms with van der Waals surface area (Å²) >= 11 is 3.20. The number of aromatic nitrogens is 1. The van der Waals surface area contributed by atoms with Gasteiger partial charge in [-0.05, 0) is 12.8 Å². The minimum absolute atomic E-state index is 0.611. The van der Waals surface area contributed by atoms with Crippen molar-refractivity contribution < 1.29 is 4.42 Å². The lowest BCUT2D eigenvalue weighted by Gasteiger charge is -2.00. The van der Waals surface area contributed by atoms with E-state index in [-0.39, 0.29) is 0 Å². The van der Waals surface area contributed by atoms with E-state index in [0.29, 0.717) is 10.7 Å². The summed E-state index contributed by atoms with van der Waals surface area (Å²) in [6.07, 6.45) is 7.00. The first-order valence-electron chi connectivity index (χ1n) is 3.97. The average Bonchev–Trinajstić information content (AvgIpc) is 2.55. The highest BCUT2D eigenvalue weighted by Gasteiger charge is 2.19. The molecule has 0 atom stereocenters. The molecule has 1 aliphatic carbocycles. The fourth-order valence-electron chi connectivity index (χ4n) is 1.67. The van der Waals surface area contributed by atoms with Crippen LogP contribution in [0.3, 0.4) is 0 Å². The number of halogens is 1. The number of rotatable bonds is 1. The maximum Gasteiger partial charge on any atom is 0.264 e. The highest BCUT2D eigenvalue weighted by atomic mass is 79.9. The monoisotopic (exact) mass is 215 g/mol. The van der Waals surface area contributed by atoms with Crippen molar-refractivity contribution in [3.63, 3.8) is 0 Å². The van der Waals surface area contributed by atoms with E-state index in [2.05, 4.69) is 20.9 Å². The van der Waals surface area contributed by atoms with Gasteiger partial charge in [0.05, 0.1) is 5.69 Å². The fraction of sp³-hybridized carbons (Fsp3) is 0.625. The zero-order valence-corrected chi connectivity index (χ0v) is 7.80. The van der Waals surface area contributed by atoms with E-state index in [9.17, 15) is 0 Å². The zero-order chi connectivity index (χ0) is 7.68. The Labute approximate surface area is 74.1 Å². The third kappa shape index (κ3) is 1.48. The van der Waals surface area contributed by atoms with Crippen LogP contribution < -0.4 is 0 Å². The molecule has 0 bridgehead atoms. The second-order valence-electron chi connectivity index (χ2n) is 3.01. The van der Waals surface area contributed by atoms with Crippen molar-refractivity contribution in [2.75, 3.05) is 0 Å². The molecule has 0 saturated heterocycles. The van der Waals surface area contributed by atoms with Crippen LogP contribution in [-0.4, -0.2) is 4.98 Å². The van der Waals surface area contributed by atoms with Gasteiger partial charge in [0.1, 0.15) is 6.26 Å². The van der Waals surface area contributed by atoms with Gasteiger partial charge < -0.3 is 4.42 Å². The molecule has 1 aromatic rings. The van der Waals surface area contributed by atoms with E-state index in [4.69, 9.17) is 4.42 Å². The summed E-state index contributed by atoms with van der Waals surface area (Å²) in [7, 11) is 0. The number of oxazole rings is 1. The molecule has 0 N–H and O–H groups in total. The molecule has 60 valence electrons. The van der Waals surface area contributed by atoms with Crippen LogP contribution in [0.2, 0.25) is 0 Å². The van der Waals surface area contributed by atoms with Crippen molar-refractivity contribution in [2.45, 2.75) is 31.6 Å². The Balaban J connectivity index is 2.15. The summed E-state index contributed by atoms with van der Waals surface area (Å²) in [5.74, 6) is 0.657. The summed E-state index contributed by atoms with van der Waals surface area (Å²) in [5, 5.41) is 0. The molecule has 1 aliphatic rings. The van der Waals surface area contributed by atoms with Gasteiger partial charge in [0.2, 0.25) is 0 Å². The predicted molar refractivity (Wildman–Crippen MR) is 45.4 cm³/mol. The maximum absolute atomic E-state index is 5.08. The summed E-state index contributed by atoms with van der Waals surface area (Å²) in [5.41, 5.74) is 1.12. The molecular formula is C8H10BrNO. The van der Waals surface area contributed by atoms with Crippen LogP contribution in [0.4, 0.5) is 0 Å². The van der Waals surface area contributed by atoms with Crippen molar-refractivity contribution in [1.29, 1.82) is 0 Å². The average molecular weight is 216 g/mol. The van der Waals surface area contributed by atoms with Crippen molar-refractivity contribution in [3.05, 3.63) is 16.8 Å². The van der Waals surface area contributed by atoms with E-state index < -0.39 is 0 Å². The summed E-state index contributed by atoms with van der Waals surface area (Å²) in [6, 6.07) is 0. The summed E-state index contributed by atoms with van der Waals surface area (Å²) in [4.78, 5) is 4.85. The summed E-state index contributed by atoms with van der Waals surface area (Å²) in [6.45, 7) is 0. The highest BCUT2D eigenvalue weighted by molar-refractivity contribution is 9.10. The summed E-state index contributed by atoms with van der Waals surface area (Å²) < 4.78 is 5.08. The first-order valence-corrected chi connectivity index (χ1v) is 4.76. The fourth-order valence-corrected chi connectivity index (χ4v) is 1.97. The quantitative estimate of drug-likeness (QED) is 0.720. The van der Waals surface area contributed by atoms with E-state index in [1.54, 1.807) is 6.26 Å². The second kappa shape index (κ2) is 2.97. The molecule has 0 amide bonds. The molecule has 0 unspecified atom stereocenters. The SMILES string of the molecule is Brc1nc(C2CCCC2)co1. The lowest BCUT2D eigenvalue weighted by atomic mass is 10.1. The van der Waals surface area contributed by atoms with E-state index >= 15 is 0 Å². The van der Waals surface area contributed by atoms with Crippen LogP contribution >= 0.6 is 15.9 Å². The highest BCUT2D eigenvalue weighted by Crippen LogP contribution is 2.33. The van der Waals surface area contributed by atoms with Gasteiger partial charge in [-0.25, -0.2) is 4.98 Å². The molecule has 1 heterocycles. The number of nitrogens with zero attached hydrogens (tertiary/aromatic N) is 1. The maximum atomic E-state index is 5.08. The Morgan fingerprint density at radius 2 is 2.18 bits per heavy atom. The van der Waals surface area contributed by atoms with Crippen molar-refractivity contribution in [3.8, 4) is 0 Å². The largest absolute Gasteiger partial charge is 0.439 e. The first-order chi connectivity index (χ1) is 5.36. The predicted octanol–water partition coefficient (Wildman–Crippen LogP) is 3.09. The van der Waals surface area contributed by atoms with E-state index in [1.165, 1.54) is 25.7 Å². The van der Waals surface area contributed by atoms with Crippen LogP contribution in [0.5, 0.6) is 0 Å². The molecule has 0 aromatic carbocycles. The zero-order valence-electron chi connectivity index (χ0n) is 6.22. The van der Waals surface area contributed by atoms with E-state index in [0.717, 1.165) is 5.69 Å². The number of hydrogen-bond donors (Lipinski definition) is 0. The molecule has 2 nitrogen and oxygen atoms in total. The standard InChI is InChI=1S/C8H10BrNO/c9-8-10-7(5-11-8)6-3-1-2-4-6/h5-6H,1-4H2. The van der Waals surface area contributed by atoms with Crippen LogP contribution in [0.25, 0.3) is 0 Å². The molecule has 1 saturated carbocycles. The van der Waals surface area contributed by atoms with Crippen molar-refractivity contribution in [2.24, 2.45) is 0 Å². The van der Waals surface area contributed by atoms with Gasteiger partial charge in [0.15, 0.2) is 0 Å². The van der Waals surface area contributed by atoms with Gasteiger partial charge in [-0.15, -0.1) is 0 Å². The molecule has 0 aliphatic heterocycles. The van der Waals surface area contributed by atoms with Crippen LogP contribution in [0.15, 0.2) is 15.5 Å². The molecule has 0 spiro atoms. The topological polar surface area (TPSA) is 26.0 Å². The molecule has 3 heteroatoms. The smallest absolute Gasteiger partial charge is 0.264 e. The molecular weight excluding hydrogens is 206 g/mol. The molecule has 1 fully saturated rings. The third-order valence-electron chi connectivity index (χ3n) is 2.27. The Kier molecular flexibility index (Phi) is 1.98. The Hall–Kier alpha value is -0.310. The van der Waals surface area contributed by atoms with Gasteiger partial charge in [-0.1, -0.05) is 12.8 Å². The van der Waals surface area contributed by atoms with Crippen LogP contribution in [-0.2, 0) is 0 Å². The van der Waals surface area contributed by atoms with Gasteiger partial charge in [0.25, 0.3) is 4.80 Å². The Morgan fingerprint density at radius 1 is 1.45 bits per heavy atom. The van der Waals surface area contributed by atoms with Crippen molar-refractivity contribution >= 4 is 15.9 Å². The lowest BCUT2D eigenvalue weighted by molar-refractivity contribution is 0.526. The third-order valence-corrected chi connectivity index (χ3v) is 2.63. The first kappa shape index (κ1) is 7.35. The minimum Gasteiger partial charge on any atom is -0.439 e. The van der Waals surface area contributed by atoms with Gasteiger partial charge in [-0.3, -0.25) is 0 Å². The molecule has 0 radical (unpaired) electrons. The minimum atomic E-state index is 0.611. The van der Waals surface area contributed by atoms with Crippen LogP contribution in [0.1, 0.15) is 37.3 Å². The molecule has 11 heavy (non-hydrogen) atoms. The number of hydrogen-bond acceptors (Lipinski definition) is 2. The van der Waals surface area contributed by atoms with Crippen LogP contribution in [0, 0.1) is 0 Å². The van der Waals surface area contributed by atoms with Crippen molar-refractivity contribution in [1.82, 2.24) is 4.98 Å². The van der Waals surface area contributed by atoms with Gasteiger partial charge >= 0.3 is 0 Å². The van der Waals surface area contributed by atoms with E-state index in [1.807, 2.05) is 0 Å². The lowest BCUT2D eigenvalue weighted by Crippen LogP contribution is -1.90. The molecule has 2 rings (SSSR count). The molecule has 1 aromatic heterocycles. The Bertz CT molecular complexity index is 240.